The van der Waals surface area contributed by atoms with Gasteiger partial charge in [-0.2, -0.15) is 0 Å². The summed E-state index contributed by atoms with van der Waals surface area (Å²) in [5.74, 6) is 0.593. The van der Waals surface area contributed by atoms with E-state index in [9.17, 15) is 0 Å². The predicted octanol–water partition coefficient (Wildman–Crippen LogP) is 3.79. The summed E-state index contributed by atoms with van der Waals surface area (Å²) < 4.78 is 0. The van der Waals surface area contributed by atoms with Crippen LogP contribution in [0.1, 0.15) is 37.3 Å². The molecule has 0 unspecified atom stereocenters. The van der Waals surface area contributed by atoms with E-state index in [0.29, 0.717) is 5.92 Å². The molecule has 0 aromatic heterocycles. The van der Waals surface area contributed by atoms with Gasteiger partial charge in [-0.05, 0) is 29.9 Å². The second kappa shape index (κ2) is 7.20. The smallest absolute Gasteiger partial charge is 0.100 e. The van der Waals surface area contributed by atoms with Gasteiger partial charge in [-0.25, -0.2) is 4.89 Å². The minimum atomic E-state index is 0.270. The Balaban J connectivity index is 2.37. The van der Waals surface area contributed by atoms with Gasteiger partial charge in [0, 0.05) is 0 Å². The van der Waals surface area contributed by atoms with Gasteiger partial charge in [0.1, 0.15) is 6.61 Å². The van der Waals surface area contributed by atoms with Crippen LogP contribution in [0, 0.1) is 0 Å². The van der Waals surface area contributed by atoms with E-state index in [1.807, 2.05) is 12.2 Å². The van der Waals surface area contributed by atoms with Crippen LogP contribution in [0.4, 0.5) is 0 Å². The van der Waals surface area contributed by atoms with Gasteiger partial charge in [-0.15, -0.1) is 0 Å². The highest BCUT2D eigenvalue weighted by atomic mass is 17.1. The van der Waals surface area contributed by atoms with Gasteiger partial charge < -0.3 is 0 Å². The number of aryl methyl sites for hydroxylation is 1. The standard InChI is InChI=1S/C14H20O2/c1-12(2)14-9-7-13(8-10-14)6-4-3-5-11-16-15/h3,5,7-10,12,15H,4,6,11H2,1-2H3/b5-3+. The fourth-order valence-electron chi connectivity index (χ4n) is 1.55. The van der Waals surface area contributed by atoms with Crippen LogP contribution >= 0.6 is 0 Å². The zero-order chi connectivity index (χ0) is 11.8. The van der Waals surface area contributed by atoms with E-state index in [0.717, 1.165) is 12.8 Å². The maximum atomic E-state index is 8.11. The molecule has 1 rings (SSSR count). The highest BCUT2D eigenvalue weighted by Gasteiger charge is 1.98. The van der Waals surface area contributed by atoms with E-state index in [1.165, 1.54) is 11.1 Å². The summed E-state index contributed by atoms with van der Waals surface area (Å²) in [6.07, 6.45) is 5.85. The third kappa shape index (κ3) is 4.60. The molecular weight excluding hydrogens is 200 g/mol. The van der Waals surface area contributed by atoms with Crippen LogP contribution in [0.15, 0.2) is 36.4 Å². The first-order chi connectivity index (χ1) is 7.74. The van der Waals surface area contributed by atoms with Crippen molar-refractivity contribution >= 4 is 0 Å². The van der Waals surface area contributed by atoms with Crippen LogP contribution in [0.3, 0.4) is 0 Å². The van der Waals surface area contributed by atoms with Crippen molar-refractivity contribution in [3.8, 4) is 0 Å². The molecule has 88 valence electrons. The van der Waals surface area contributed by atoms with Gasteiger partial charge in [-0.3, -0.25) is 5.26 Å². The minimum Gasteiger partial charge on any atom is -0.252 e. The summed E-state index contributed by atoms with van der Waals surface area (Å²) >= 11 is 0. The zero-order valence-corrected chi connectivity index (χ0v) is 10.0. The summed E-state index contributed by atoms with van der Waals surface area (Å²) in [5.41, 5.74) is 2.73. The van der Waals surface area contributed by atoms with E-state index in [-0.39, 0.29) is 6.61 Å². The number of hydrogen-bond acceptors (Lipinski definition) is 2. The summed E-state index contributed by atoms with van der Waals surface area (Å²) in [6.45, 7) is 4.67. The highest BCUT2D eigenvalue weighted by molar-refractivity contribution is 5.24. The first-order valence-electron chi connectivity index (χ1n) is 5.74. The molecule has 2 heteroatoms. The number of allylic oxidation sites excluding steroid dienone is 1. The van der Waals surface area contributed by atoms with Crippen molar-refractivity contribution < 1.29 is 10.1 Å². The topological polar surface area (TPSA) is 29.5 Å². The molecular formula is C14H20O2. The van der Waals surface area contributed by atoms with Gasteiger partial charge in [0.25, 0.3) is 0 Å². The van der Waals surface area contributed by atoms with Crippen LogP contribution in [0.2, 0.25) is 0 Å². The van der Waals surface area contributed by atoms with Crippen molar-refractivity contribution in [1.29, 1.82) is 0 Å². The van der Waals surface area contributed by atoms with Crippen molar-refractivity contribution in [2.24, 2.45) is 0 Å². The Morgan fingerprint density at radius 3 is 2.44 bits per heavy atom. The lowest BCUT2D eigenvalue weighted by atomic mass is 10.0. The van der Waals surface area contributed by atoms with Crippen LogP contribution in [0.25, 0.3) is 0 Å². The average Bonchev–Trinajstić information content (AvgIpc) is 2.29. The van der Waals surface area contributed by atoms with Crippen LogP contribution < -0.4 is 0 Å². The second-order valence-electron chi connectivity index (χ2n) is 4.20. The molecule has 0 spiro atoms. The maximum absolute atomic E-state index is 8.11. The molecule has 0 aliphatic carbocycles. The Labute approximate surface area is 97.5 Å². The average molecular weight is 220 g/mol. The lowest BCUT2D eigenvalue weighted by Crippen LogP contribution is -1.89. The molecule has 0 saturated heterocycles. The van der Waals surface area contributed by atoms with Crippen LogP contribution in [-0.2, 0) is 11.3 Å². The molecule has 1 aromatic carbocycles. The summed E-state index contributed by atoms with van der Waals surface area (Å²) in [4.78, 5) is 3.95. The van der Waals surface area contributed by atoms with Crippen molar-refractivity contribution in [3.05, 3.63) is 47.5 Å². The predicted molar refractivity (Wildman–Crippen MR) is 66.6 cm³/mol. The molecule has 0 amide bonds. The third-order valence-corrected chi connectivity index (χ3v) is 2.58. The highest BCUT2D eigenvalue weighted by Crippen LogP contribution is 2.15. The van der Waals surface area contributed by atoms with E-state index < -0.39 is 0 Å². The van der Waals surface area contributed by atoms with Crippen molar-refractivity contribution in [2.75, 3.05) is 6.61 Å². The normalized spacial score (nSPS) is 11.5. The van der Waals surface area contributed by atoms with Crippen LogP contribution in [-0.4, -0.2) is 11.9 Å². The fraction of sp³-hybridized carbons (Fsp3) is 0.429. The second-order valence-corrected chi connectivity index (χ2v) is 4.20. The molecule has 0 atom stereocenters. The lowest BCUT2D eigenvalue weighted by Gasteiger charge is -2.05. The quantitative estimate of drug-likeness (QED) is 0.449. The molecule has 2 nitrogen and oxygen atoms in total. The Hall–Kier alpha value is -1.12. The van der Waals surface area contributed by atoms with Gasteiger partial charge >= 0.3 is 0 Å². The lowest BCUT2D eigenvalue weighted by molar-refractivity contribution is -0.231. The molecule has 16 heavy (non-hydrogen) atoms. The van der Waals surface area contributed by atoms with E-state index in [2.05, 4.69) is 43.0 Å². The minimum absolute atomic E-state index is 0.270. The Morgan fingerprint density at radius 1 is 1.19 bits per heavy atom. The van der Waals surface area contributed by atoms with Gasteiger partial charge in [0.05, 0.1) is 0 Å². The molecule has 0 aliphatic heterocycles. The largest absolute Gasteiger partial charge is 0.252 e. The Morgan fingerprint density at radius 2 is 1.88 bits per heavy atom. The fourth-order valence-corrected chi connectivity index (χ4v) is 1.55. The summed E-state index contributed by atoms with van der Waals surface area (Å²) in [6, 6.07) is 8.76. The van der Waals surface area contributed by atoms with E-state index >= 15 is 0 Å². The van der Waals surface area contributed by atoms with Gasteiger partial charge in [-0.1, -0.05) is 50.3 Å². The molecule has 0 saturated carbocycles. The van der Waals surface area contributed by atoms with Crippen molar-refractivity contribution in [2.45, 2.75) is 32.6 Å². The Kier molecular flexibility index (Phi) is 5.83. The van der Waals surface area contributed by atoms with Crippen molar-refractivity contribution in [3.63, 3.8) is 0 Å². The van der Waals surface area contributed by atoms with E-state index in [1.54, 1.807) is 0 Å². The van der Waals surface area contributed by atoms with Gasteiger partial charge in [0.2, 0.25) is 0 Å². The Bertz CT molecular complexity index is 312. The maximum Gasteiger partial charge on any atom is 0.100 e. The summed E-state index contributed by atoms with van der Waals surface area (Å²) in [5, 5.41) is 8.11. The number of rotatable bonds is 6. The van der Waals surface area contributed by atoms with Crippen molar-refractivity contribution in [1.82, 2.24) is 0 Å². The number of hydrogen-bond donors (Lipinski definition) is 1. The molecule has 0 bridgehead atoms. The molecule has 0 radical (unpaired) electrons. The van der Waals surface area contributed by atoms with Gasteiger partial charge in [0.15, 0.2) is 0 Å². The molecule has 1 aromatic rings. The SMILES string of the molecule is CC(C)c1ccc(CC/C=C/COO)cc1. The third-order valence-electron chi connectivity index (χ3n) is 2.58. The zero-order valence-electron chi connectivity index (χ0n) is 10.0. The number of benzene rings is 1. The van der Waals surface area contributed by atoms with E-state index in [4.69, 9.17) is 5.26 Å². The monoisotopic (exact) mass is 220 g/mol. The summed E-state index contributed by atoms with van der Waals surface area (Å²) in [7, 11) is 0. The molecule has 0 heterocycles. The van der Waals surface area contributed by atoms with Crippen LogP contribution in [0.5, 0.6) is 0 Å². The first-order valence-corrected chi connectivity index (χ1v) is 5.74. The first kappa shape index (κ1) is 12.9. The molecule has 1 N–H and O–H groups in total. The molecule has 0 aliphatic rings. The molecule has 0 fully saturated rings.